The summed E-state index contributed by atoms with van der Waals surface area (Å²) in [5, 5.41) is 9.21. The number of carbonyl (C=O) groups excluding carboxylic acids is 2. The molecule has 0 unspecified atom stereocenters. The third-order valence-electron chi connectivity index (χ3n) is 4.19. The Morgan fingerprint density at radius 3 is 2.32 bits per heavy atom. The van der Waals surface area contributed by atoms with Crippen molar-refractivity contribution < 1.29 is 28.9 Å². The topological polar surface area (TPSA) is 114 Å². The number of methoxy groups -OCH3 is 3. The molecule has 9 nitrogen and oxygen atoms in total. The lowest BCUT2D eigenvalue weighted by Gasteiger charge is -2.20. The molecule has 0 saturated heterocycles. The summed E-state index contributed by atoms with van der Waals surface area (Å²) >= 11 is 0. The number of ether oxygens (including phenoxy) is 3. The summed E-state index contributed by atoms with van der Waals surface area (Å²) < 4.78 is 15.7. The highest BCUT2D eigenvalue weighted by atomic mass is 16.5. The Bertz CT molecular complexity index is 791. The highest BCUT2D eigenvalue weighted by Gasteiger charge is 2.21. The minimum Gasteiger partial charge on any atom is -0.496 e. The van der Waals surface area contributed by atoms with E-state index in [1.807, 2.05) is 0 Å². The number of nitrogens with zero attached hydrogens (tertiary/aromatic N) is 2. The number of Topliss-reactive ketones (excluding diaryl/α,β-unsaturated/α-hetero) is 1. The Morgan fingerprint density at radius 1 is 1.07 bits per heavy atom. The van der Waals surface area contributed by atoms with Crippen molar-refractivity contribution in [2.45, 2.75) is 19.4 Å². The fourth-order valence-electron chi connectivity index (χ4n) is 2.74. The summed E-state index contributed by atoms with van der Waals surface area (Å²) in [6.07, 6.45) is 3.23. The van der Waals surface area contributed by atoms with E-state index >= 15 is 0 Å². The van der Waals surface area contributed by atoms with Crippen LogP contribution in [0.1, 0.15) is 29.0 Å². The van der Waals surface area contributed by atoms with Crippen LogP contribution in [0.15, 0.2) is 24.5 Å². The third-order valence-corrected chi connectivity index (χ3v) is 4.19. The second-order valence-electron chi connectivity index (χ2n) is 5.91. The molecule has 1 aromatic heterocycles. The first-order valence-electron chi connectivity index (χ1n) is 8.74. The van der Waals surface area contributed by atoms with Crippen LogP contribution in [0.5, 0.6) is 17.2 Å². The lowest BCUT2D eigenvalue weighted by molar-refractivity contribution is -0.132. The van der Waals surface area contributed by atoms with E-state index in [1.165, 1.54) is 26.2 Å². The van der Waals surface area contributed by atoms with Crippen LogP contribution in [0.4, 0.5) is 0 Å². The number of benzene rings is 1. The monoisotopic (exact) mass is 391 g/mol. The Hall–Kier alpha value is -3.07. The quantitative estimate of drug-likeness (QED) is 0.557. The molecule has 28 heavy (non-hydrogen) atoms. The van der Waals surface area contributed by atoms with Crippen LogP contribution < -0.4 is 14.2 Å². The van der Waals surface area contributed by atoms with Crippen LogP contribution in [-0.2, 0) is 11.3 Å². The maximum atomic E-state index is 12.7. The van der Waals surface area contributed by atoms with Gasteiger partial charge in [-0.05, 0) is 6.07 Å². The molecule has 0 aliphatic carbocycles. The Labute approximate surface area is 163 Å². The summed E-state index contributed by atoms with van der Waals surface area (Å²) in [5.41, 5.74) is 0.313. The first kappa shape index (κ1) is 21.2. The lowest BCUT2D eigenvalue weighted by atomic mass is 10.0. The number of aromatic nitrogens is 2. The standard InChI is InChI=1S/C19H25N3O6/c1-26-15-11-17(28-3)16(27-2)10-13(15)14(24)4-5-19(25)22(8-9-23)12-18-20-6-7-21-18/h6-7,10-11,23H,4-5,8-9,12H2,1-3H3,(H,20,21). The van der Waals surface area contributed by atoms with Crippen LogP contribution in [0.3, 0.4) is 0 Å². The maximum Gasteiger partial charge on any atom is 0.223 e. The molecule has 1 aromatic carbocycles. The molecule has 0 aliphatic heterocycles. The van der Waals surface area contributed by atoms with E-state index in [1.54, 1.807) is 24.5 Å². The van der Waals surface area contributed by atoms with Gasteiger partial charge >= 0.3 is 0 Å². The average Bonchev–Trinajstić information content (AvgIpc) is 3.23. The number of nitrogens with one attached hydrogen (secondary N) is 1. The molecule has 0 spiro atoms. The zero-order valence-electron chi connectivity index (χ0n) is 16.2. The fraction of sp³-hybridized carbons (Fsp3) is 0.421. The van der Waals surface area contributed by atoms with E-state index in [0.717, 1.165) is 0 Å². The van der Waals surface area contributed by atoms with Gasteiger partial charge in [-0.3, -0.25) is 9.59 Å². The minimum atomic E-state index is -0.256. The number of imidazole rings is 1. The molecule has 0 atom stereocenters. The van der Waals surface area contributed by atoms with Gasteiger partial charge in [0.1, 0.15) is 11.6 Å². The number of carbonyl (C=O) groups is 2. The van der Waals surface area contributed by atoms with Crippen LogP contribution >= 0.6 is 0 Å². The molecule has 0 aliphatic rings. The molecule has 1 amide bonds. The number of aromatic amines is 1. The van der Waals surface area contributed by atoms with Gasteiger partial charge in [-0.2, -0.15) is 0 Å². The Kier molecular flexibility index (Phi) is 7.82. The largest absolute Gasteiger partial charge is 0.496 e. The number of H-pyrrole nitrogens is 1. The van der Waals surface area contributed by atoms with Gasteiger partial charge in [0.25, 0.3) is 0 Å². The number of aliphatic hydroxyl groups excluding tert-OH is 1. The second-order valence-corrected chi connectivity index (χ2v) is 5.91. The van der Waals surface area contributed by atoms with Gasteiger partial charge in [-0.15, -0.1) is 0 Å². The second kappa shape index (κ2) is 10.3. The van der Waals surface area contributed by atoms with E-state index in [9.17, 15) is 14.7 Å². The molecular weight excluding hydrogens is 366 g/mol. The summed E-state index contributed by atoms with van der Waals surface area (Å²) in [4.78, 5) is 33.6. The molecule has 2 rings (SSSR count). The fourth-order valence-corrected chi connectivity index (χ4v) is 2.74. The van der Waals surface area contributed by atoms with E-state index in [2.05, 4.69) is 9.97 Å². The smallest absolute Gasteiger partial charge is 0.223 e. The normalized spacial score (nSPS) is 10.4. The van der Waals surface area contributed by atoms with E-state index in [0.29, 0.717) is 28.6 Å². The van der Waals surface area contributed by atoms with Crippen molar-refractivity contribution in [1.82, 2.24) is 14.9 Å². The summed E-state index contributed by atoms with van der Waals surface area (Å²) in [6, 6.07) is 3.11. The van der Waals surface area contributed by atoms with Crippen molar-refractivity contribution in [3.05, 3.63) is 35.9 Å². The number of hydrogen-bond donors (Lipinski definition) is 2. The van der Waals surface area contributed by atoms with Crippen molar-refractivity contribution in [2.75, 3.05) is 34.5 Å². The van der Waals surface area contributed by atoms with Crippen LogP contribution in [0, 0.1) is 0 Å². The Morgan fingerprint density at radius 2 is 1.75 bits per heavy atom. The van der Waals surface area contributed by atoms with Gasteiger partial charge in [-0.25, -0.2) is 4.98 Å². The van der Waals surface area contributed by atoms with Crippen LogP contribution in [-0.4, -0.2) is 66.1 Å². The molecule has 2 N–H and O–H groups in total. The van der Waals surface area contributed by atoms with E-state index in [-0.39, 0.29) is 44.2 Å². The number of aliphatic hydroxyl groups is 1. The molecular formula is C19H25N3O6. The zero-order valence-corrected chi connectivity index (χ0v) is 16.2. The molecule has 0 radical (unpaired) electrons. The van der Waals surface area contributed by atoms with Gasteiger partial charge < -0.3 is 29.2 Å². The van der Waals surface area contributed by atoms with Crippen molar-refractivity contribution >= 4 is 11.7 Å². The predicted molar refractivity (Wildman–Crippen MR) is 101 cm³/mol. The molecule has 152 valence electrons. The molecule has 0 bridgehead atoms. The van der Waals surface area contributed by atoms with Crippen molar-refractivity contribution in [3.63, 3.8) is 0 Å². The molecule has 2 aromatic rings. The van der Waals surface area contributed by atoms with E-state index in [4.69, 9.17) is 14.2 Å². The Balaban J connectivity index is 2.08. The van der Waals surface area contributed by atoms with Gasteiger partial charge in [0.05, 0.1) is 40.0 Å². The van der Waals surface area contributed by atoms with Crippen molar-refractivity contribution in [3.8, 4) is 17.2 Å². The number of amides is 1. The van der Waals surface area contributed by atoms with Gasteiger partial charge in [0.2, 0.25) is 5.91 Å². The maximum absolute atomic E-state index is 12.7. The summed E-state index contributed by atoms with van der Waals surface area (Å²) in [5.74, 6) is 1.29. The molecule has 0 fully saturated rings. The van der Waals surface area contributed by atoms with Crippen molar-refractivity contribution in [1.29, 1.82) is 0 Å². The SMILES string of the molecule is COc1cc(OC)c(C(=O)CCC(=O)N(CCO)Cc2ncc[nH]2)cc1OC. The average molecular weight is 391 g/mol. The highest BCUT2D eigenvalue weighted by molar-refractivity contribution is 6.01. The molecule has 9 heteroatoms. The zero-order chi connectivity index (χ0) is 20.5. The summed E-state index contributed by atoms with van der Waals surface area (Å²) in [6.45, 7) is 0.220. The van der Waals surface area contributed by atoms with Gasteiger partial charge in [0.15, 0.2) is 17.3 Å². The van der Waals surface area contributed by atoms with E-state index < -0.39 is 0 Å². The number of ketones is 1. The van der Waals surface area contributed by atoms with Crippen molar-refractivity contribution in [2.24, 2.45) is 0 Å². The number of rotatable bonds is 11. The lowest BCUT2D eigenvalue weighted by Crippen LogP contribution is -2.33. The van der Waals surface area contributed by atoms with Crippen LogP contribution in [0.2, 0.25) is 0 Å². The molecule has 1 heterocycles. The first-order chi connectivity index (χ1) is 13.5. The van der Waals surface area contributed by atoms with Gasteiger partial charge in [-0.1, -0.05) is 0 Å². The predicted octanol–water partition coefficient (Wildman–Crippen LogP) is 1.42. The minimum absolute atomic E-state index is 0.00294. The summed E-state index contributed by atoms with van der Waals surface area (Å²) in [7, 11) is 4.42. The first-order valence-corrected chi connectivity index (χ1v) is 8.74. The molecule has 0 saturated carbocycles. The van der Waals surface area contributed by atoms with Crippen LogP contribution in [0.25, 0.3) is 0 Å². The third kappa shape index (κ3) is 5.23. The van der Waals surface area contributed by atoms with Gasteiger partial charge in [0, 0.05) is 37.8 Å². The highest BCUT2D eigenvalue weighted by Crippen LogP contribution is 2.35. The number of hydrogen-bond acceptors (Lipinski definition) is 7.